The molecular formula is C18H24N4O2. The molecule has 128 valence electrons. The van der Waals surface area contributed by atoms with Crippen LogP contribution in [0.3, 0.4) is 0 Å². The number of nitrogens with one attached hydrogen (secondary N) is 1. The lowest BCUT2D eigenvalue weighted by Crippen LogP contribution is -2.50. The topological polar surface area (TPSA) is 59.4 Å². The molecule has 1 saturated heterocycles. The Labute approximate surface area is 142 Å². The van der Waals surface area contributed by atoms with Crippen LogP contribution in [-0.2, 0) is 18.3 Å². The summed E-state index contributed by atoms with van der Waals surface area (Å²) in [5.74, 6) is 1.68. The van der Waals surface area contributed by atoms with Gasteiger partial charge in [-0.05, 0) is 18.1 Å². The van der Waals surface area contributed by atoms with Crippen LogP contribution in [-0.4, -0.2) is 46.6 Å². The van der Waals surface area contributed by atoms with Crippen LogP contribution in [0.1, 0.15) is 24.4 Å². The van der Waals surface area contributed by atoms with Crippen LogP contribution in [0, 0.1) is 0 Å². The standard InChI is InChI=1S/C18H24N4O2/c1-3-14-6-4-5-7-16(14)24-13-17(23)22-11-8-19-12-15(22)18-20-9-10-21(18)2/h4-7,9-10,15,19H,3,8,11-13H2,1-2H3. The van der Waals surface area contributed by atoms with Crippen LogP contribution in [0.2, 0.25) is 0 Å². The number of hydrogen-bond donors (Lipinski definition) is 1. The molecule has 0 radical (unpaired) electrons. The average Bonchev–Trinajstić information content (AvgIpc) is 3.05. The minimum atomic E-state index is -0.0590. The Kier molecular flexibility index (Phi) is 5.15. The van der Waals surface area contributed by atoms with Gasteiger partial charge in [0.1, 0.15) is 17.6 Å². The summed E-state index contributed by atoms with van der Waals surface area (Å²) < 4.78 is 7.76. The van der Waals surface area contributed by atoms with E-state index in [4.69, 9.17) is 4.74 Å². The zero-order chi connectivity index (χ0) is 16.9. The SMILES string of the molecule is CCc1ccccc1OCC(=O)N1CCNCC1c1nccn1C. The maximum absolute atomic E-state index is 12.7. The van der Waals surface area contributed by atoms with Crippen molar-refractivity contribution in [3.05, 3.63) is 48.0 Å². The van der Waals surface area contributed by atoms with E-state index in [1.807, 2.05) is 47.0 Å². The smallest absolute Gasteiger partial charge is 0.261 e. The summed E-state index contributed by atoms with van der Waals surface area (Å²) in [5, 5.41) is 3.34. The molecule has 1 fully saturated rings. The van der Waals surface area contributed by atoms with E-state index in [-0.39, 0.29) is 18.6 Å². The highest BCUT2D eigenvalue weighted by Crippen LogP contribution is 2.22. The van der Waals surface area contributed by atoms with E-state index in [9.17, 15) is 4.79 Å². The second-order valence-corrected chi connectivity index (χ2v) is 5.95. The molecule has 6 nitrogen and oxygen atoms in total. The number of aryl methyl sites for hydroxylation is 2. The molecule has 24 heavy (non-hydrogen) atoms. The van der Waals surface area contributed by atoms with Gasteiger partial charge in [0.05, 0.1) is 0 Å². The fourth-order valence-electron chi connectivity index (χ4n) is 3.09. The zero-order valence-corrected chi connectivity index (χ0v) is 14.2. The second kappa shape index (κ2) is 7.49. The first-order valence-electron chi connectivity index (χ1n) is 8.38. The Bertz CT molecular complexity index is 698. The van der Waals surface area contributed by atoms with Gasteiger partial charge in [-0.25, -0.2) is 4.98 Å². The predicted octanol–water partition coefficient (Wildman–Crippen LogP) is 1.53. The van der Waals surface area contributed by atoms with E-state index in [2.05, 4.69) is 17.2 Å². The third-order valence-corrected chi connectivity index (χ3v) is 4.42. The van der Waals surface area contributed by atoms with Crippen molar-refractivity contribution in [2.75, 3.05) is 26.2 Å². The summed E-state index contributed by atoms with van der Waals surface area (Å²) >= 11 is 0. The number of carbonyl (C=O) groups is 1. The minimum absolute atomic E-state index is 0.00425. The Morgan fingerprint density at radius 1 is 1.42 bits per heavy atom. The van der Waals surface area contributed by atoms with E-state index in [0.29, 0.717) is 13.1 Å². The van der Waals surface area contributed by atoms with Crippen molar-refractivity contribution in [1.29, 1.82) is 0 Å². The molecule has 1 aliphatic heterocycles. The van der Waals surface area contributed by atoms with Crippen molar-refractivity contribution in [1.82, 2.24) is 19.8 Å². The molecule has 1 atom stereocenters. The van der Waals surface area contributed by atoms with Gasteiger partial charge in [-0.3, -0.25) is 4.79 Å². The fraction of sp³-hybridized carbons (Fsp3) is 0.444. The molecule has 0 spiro atoms. The van der Waals surface area contributed by atoms with Gasteiger partial charge in [0.25, 0.3) is 5.91 Å². The lowest BCUT2D eigenvalue weighted by atomic mass is 10.1. The second-order valence-electron chi connectivity index (χ2n) is 5.95. The number of rotatable bonds is 5. The molecular weight excluding hydrogens is 304 g/mol. The number of aromatic nitrogens is 2. The van der Waals surface area contributed by atoms with Gasteiger partial charge in [0.2, 0.25) is 0 Å². The van der Waals surface area contributed by atoms with Crippen LogP contribution in [0.25, 0.3) is 0 Å². The van der Waals surface area contributed by atoms with Crippen molar-refractivity contribution in [2.24, 2.45) is 7.05 Å². The summed E-state index contributed by atoms with van der Waals surface area (Å²) in [6.45, 7) is 4.30. The summed E-state index contributed by atoms with van der Waals surface area (Å²) in [6, 6.07) is 7.80. The molecule has 0 bridgehead atoms. The van der Waals surface area contributed by atoms with Crippen LogP contribution < -0.4 is 10.1 Å². The first-order chi connectivity index (χ1) is 11.7. The fourth-order valence-corrected chi connectivity index (χ4v) is 3.09. The lowest BCUT2D eigenvalue weighted by molar-refractivity contribution is -0.137. The summed E-state index contributed by atoms with van der Waals surface area (Å²) in [6.07, 6.45) is 4.55. The highest BCUT2D eigenvalue weighted by Gasteiger charge is 2.30. The molecule has 3 rings (SSSR count). The molecule has 1 amide bonds. The van der Waals surface area contributed by atoms with Crippen molar-refractivity contribution in [3.8, 4) is 5.75 Å². The predicted molar refractivity (Wildman–Crippen MR) is 91.8 cm³/mol. The maximum Gasteiger partial charge on any atom is 0.261 e. The summed E-state index contributed by atoms with van der Waals surface area (Å²) in [5.41, 5.74) is 1.12. The molecule has 0 aliphatic carbocycles. The number of nitrogens with zero attached hydrogens (tertiary/aromatic N) is 3. The molecule has 6 heteroatoms. The van der Waals surface area contributed by atoms with Crippen molar-refractivity contribution in [2.45, 2.75) is 19.4 Å². The number of piperazine rings is 1. The monoisotopic (exact) mass is 328 g/mol. The summed E-state index contributed by atoms with van der Waals surface area (Å²) in [4.78, 5) is 19.0. The molecule has 2 heterocycles. The first-order valence-corrected chi connectivity index (χ1v) is 8.38. The Hall–Kier alpha value is -2.34. The number of benzene rings is 1. The van der Waals surface area contributed by atoms with Crippen molar-refractivity contribution in [3.63, 3.8) is 0 Å². The highest BCUT2D eigenvalue weighted by atomic mass is 16.5. The summed E-state index contributed by atoms with van der Waals surface area (Å²) in [7, 11) is 1.95. The van der Waals surface area contributed by atoms with Gasteiger partial charge in [-0.15, -0.1) is 0 Å². The third kappa shape index (κ3) is 3.43. The number of amides is 1. The molecule has 2 aromatic rings. The number of hydrogen-bond acceptors (Lipinski definition) is 4. The molecule has 1 aliphatic rings. The lowest BCUT2D eigenvalue weighted by Gasteiger charge is -2.35. The van der Waals surface area contributed by atoms with Gasteiger partial charge in [0, 0.05) is 39.1 Å². The molecule has 0 saturated carbocycles. The zero-order valence-electron chi connectivity index (χ0n) is 14.2. The molecule has 1 N–H and O–H groups in total. The van der Waals surface area contributed by atoms with E-state index >= 15 is 0 Å². The number of para-hydroxylation sites is 1. The molecule has 1 aromatic carbocycles. The highest BCUT2D eigenvalue weighted by molar-refractivity contribution is 5.78. The maximum atomic E-state index is 12.7. The van der Waals surface area contributed by atoms with Crippen LogP contribution in [0.4, 0.5) is 0 Å². The Morgan fingerprint density at radius 3 is 3.00 bits per heavy atom. The van der Waals surface area contributed by atoms with Gasteiger partial charge in [0.15, 0.2) is 6.61 Å². The number of ether oxygens (including phenoxy) is 1. The van der Waals surface area contributed by atoms with Gasteiger partial charge in [-0.1, -0.05) is 25.1 Å². The van der Waals surface area contributed by atoms with Crippen molar-refractivity contribution >= 4 is 5.91 Å². The Balaban J connectivity index is 1.69. The number of imidazole rings is 1. The quantitative estimate of drug-likeness (QED) is 0.904. The first kappa shape index (κ1) is 16.5. The normalized spacial score (nSPS) is 17.8. The van der Waals surface area contributed by atoms with E-state index in [1.165, 1.54) is 0 Å². The Morgan fingerprint density at radius 2 is 2.25 bits per heavy atom. The van der Waals surface area contributed by atoms with Gasteiger partial charge < -0.3 is 19.5 Å². The van der Waals surface area contributed by atoms with Gasteiger partial charge >= 0.3 is 0 Å². The van der Waals surface area contributed by atoms with E-state index < -0.39 is 0 Å². The van der Waals surface area contributed by atoms with Crippen LogP contribution in [0.5, 0.6) is 5.75 Å². The van der Waals surface area contributed by atoms with Gasteiger partial charge in [-0.2, -0.15) is 0 Å². The third-order valence-electron chi connectivity index (χ3n) is 4.42. The average molecular weight is 328 g/mol. The van der Waals surface area contributed by atoms with Crippen LogP contribution in [0.15, 0.2) is 36.7 Å². The number of carbonyl (C=O) groups excluding carboxylic acids is 1. The van der Waals surface area contributed by atoms with Crippen LogP contribution >= 0.6 is 0 Å². The molecule has 1 unspecified atom stereocenters. The largest absolute Gasteiger partial charge is 0.483 e. The van der Waals surface area contributed by atoms with E-state index in [0.717, 1.165) is 30.1 Å². The van der Waals surface area contributed by atoms with Crippen molar-refractivity contribution < 1.29 is 9.53 Å². The molecule has 1 aromatic heterocycles. The van der Waals surface area contributed by atoms with E-state index in [1.54, 1.807) is 6.20 Å². The minimum Gasteiger partial charge on any atom is -0.483 e.